The molecule has 5 aromatic rings. The first-order valence-electron chi connectivity index (χ1n) is 12.2. The predicted molar refractivity (Wildman–Crippen MR) is 142 cm³/mol. The van der Waals surface area contributed by atoms with E-state index in [4.69, 9.17) is 4.74 Å². The maximum atomic E-state index is 13.7. The second-order valence-corrected chi connectivity index (χ2v) is 9.88. The fraction of sp³-hybridized carbons (Fsp3) is 0.167. The fourth-order valence-corrected chi connectivity index (χ4v) is 5.86. The van der Waals surface area contributed by atoms with Crippen LogP contribution in [0.1, 0.15) is 34.1 Å². The van der Waals surface area contributed by atoms with Crippen molar-refractivity contribution >= 4 is 27.5 Å². The summed E-state index contributed by atoms with van der Waals surface area (Å²) in [6, 6.07) is 19.6. The van der Waals surface area contributed by atoms with Gasteiger partial charge in [0.1, 0.15) is 5.69 Å². The molecule has 0 amide bonds. The number of alkyl halides is 6. The molecule has 0 radical (unpaired) electrons. The number of rotatable bonds is 6. The van der Waals surface area contributed by atoms with Crippen LogP contribution in [0.4, 0.5) is 26.3 Å². The van der Waals surface area contributed by atoms with Crippen LogP contribution in [0.3, 0.4) is 0 Å². The molecule has 0 spiro atoms. The highest BCUT2D eigenvalue weighted by atomic mass is 32.1. The minimum Gasteiger partial charge on any atom is -0.461 e. The van der Waals surface area contributed by atoms with Crippen LogP contribution < -0.4 is 0 Å². The first-order chi connectivity index (χ1) is 19.0. The molecule has 10 heteroatoms. The highest BCUT2D eigenvalue weighted by Crippen LogP contribution is 2.45. The van der Waals surface area contributed by atoms with Crippen LogP contribution in [0, 0.1) is 0 Å². The molecule has 206 valence electrons. The lowest BCUT2D eigenvalue weighted by Gasteiger charge is -2.17. The van der Waals surface area contributed by atoms with Gasteiger partial charge in [-0.2, -0.15) is 26.3 Å². The summed E-state index contributed by atoms with van der Waals surface area (Å²) in [5, 5.41) is 1.87. The topological polar surface area (TPSA) is 31.2 Å². The van der Waals surface area contributed by atoms with Crippen LogP contribution in [0.2, 0.25) is 0 Å². The average Bonchev–Trinajstić information content (AvgIpc) is 3.47. The summed E-state index contributed by atoms with van der Waals surface area (Å²) in [7, 11) is 0. The number of aromatic nitrogens is 1. The molecular weight excluding hydrogens is 552 g/mol. The van der Waals surface area contributed by atoms with Gasteiger partial charge in [-0.3, -0.25) is 0 Å². The Morgan fingerprint density at radius 3 is 1.90 bits per heavy atom. The molecule has 0 aliphatic rings. The van der Waals surface area contributed by atoms with Crippen LogP contribution in [0.15, 0.2) is 84.2 Å². The van der Waals surface area contributed by atoms with Gasteiger partial charge in [-0.05, 0) is 41.8 Å². The average molecular weight is 574 g/mol. The molecule has 5 rings (SSSR count). The SMILES string of the molecule is CCOC(=O)c1c(-c2ccccc2)c2scc(-c3ccccc3)c2n1Cc1cc(C(F)(F)F)cc(C(F)(F)F)c1. The van der Waals surface area contributed by atoms with Gasteiger partial charge in [-0.15, -0.1) is 11.3 Å². The van der Waals surface area contributed by atoms with E-state index in [9.17, 15) is 31.1 Å². The Balaban J connectivity index is 1.84. The maximum Gasteiger partial charge on any atom is 0.416 e. The van der Waals surface area contributed by atoms with Crippen molar-refractivity contribution < 1.29 is 35.9 Å². The van der Waals surface area contributed by atoms with E-state index in [1.165, 1.54) is 15.9 Å². The van der Waals surface area contributed by atoms with Crippen molar-refractivity contribution in [3.63, 3.8) is 0 Å². The number of nitrogens with zero attached hydrogens (tertiary/aromatic N) is 1. The molecule has 2 heterocycles. The van der Waals surface area contributed by atoms with Crippen LogP contribution in [-0.4, -0.2) is 17.1 Å². The third-order valence-corrected chi connectivity index (χ3v) is 7.36. The van der Waals surface area contributed by atoms with Gasteiger partial charge in [0.05, 0.1) is 28.0 Å². The summed E-state index contributed by atoms with van der Waals surface area (Å²) >= 11 is 1.34. The Labute approximate surface area is 229 Å². The minimum atomic E-state index is -5.00. The van der Waals surface area contributed by atoms with Crippen LogP contribution in [0.25, 0.3) is 32.5 Å². The van der Waals surface area contributed by atoms with Crippen LogP contribution in [-0.2, 0) is 23.6 Å². The molecule has 0 atom stereocenters. The highest BCUT2D eigenvalue weighted by Gasteiger charge is 2.37. The third kappa shape index (κ3) is 5.23. The Kier molecular flexibility index (Phi) is 7.22. The van der Waals surface area contributed by atoms with Crippen LogP contribution >= 0.6 is 11.3 Å². The number of benzene rings is 3. The Morgan fingerprint density at radius 1 is 0.825 bits per heavy atom. The van der Waals surface area contributed by atoms with Crippen molar-refractivity contribution in [3.8, 4) is 22.3 Å². The van der Waals surface area contributed by atoms with Gasteiger partial charge in [0.25, 0.3) is 0 Å². The smallest absolute Gasteiger partial charge is 0.416 e. The third-order valence-electron chi connectivity index (χ3n) is 6.37. The second kappa shape index (κ2) is 10.5. The molecular formula is C30H21F6NO2S. The van der Waals surface area contributed by atoms with Gasteiger partial charge < -0.3 is 9.30 Å². The van der Waals surface area contributed by atoms with E-state index in [2.05, 4.69) is 0 Å². The number of hydrogen-bond acceptors (Lipinski definition) is 3. The van der Waals surface area contributed by atoms with Gasteiger partial charge in [0, 0.05) is 23.1 Å². The molecule has 2 aromatic heterocycles. The zero-order chi connectivity index (χ0) is 28.7. The van der Waals surface area contributed by atoms with Gasteiger partial charge in [-0.1, -0.05) is 60.7 Å². The van der Waals surface area contributed by atoms with Gasteiger partial charge in [0.15, 0.2) is 0 Å². The summed E-state index contributed by atoms with van der Waals surface area (Å²) in [6.45, 7) is 1.22. The number of ether oxygens (including phenoxy) is 1. The van der Waals surface area contributed by atoms with Crippen molar-refractivity contribution in [1.82, 2.24) is 4.57 Å². The standard InChI is InChI=1S/C30H21F6NO2S/c1-2-39-28(38)26-24(20-11-7-4-8-12-20)27-25(23(17-40-27)19-9-5-3-6-10-19)37(26)16-18-13-21(29(31,32)33)15-22(14-18)30(34,35)36/h3-15,17H,2,16H2,1H3. The Bertz CT molecular complexity index is 1640. The van der Waals surface area contributed by atoms with Crippen molar-refractivity contribution in [2.75, 3.05) is 6.61 Å². The molecule has 40 heavy (non-hydrogen) atoms. The molecule has 3 nitrogen and oxygen atoms in total. The monoisotopic (exact) mass is 573 g/mol. The number of esters is 1. The van der Waals surface area contributed by atoms with Gasteiger partial charge in [0.2, 0.25) is 0 Å². The van der Waals surface area contributed by atoms with Gasteiger partial charge in [-0.25, -0.2) is 4.79 Å². The Morgan fingerprint density at radius 2 is 1.38 bits per heavy atom. The number of thiophene rings is 1. The molecule has 0 aliphatic carbocycles. The lowest BCUT2D eigenvalue weighted by atomic mass is 10.0. The van der Waals surface area contributed by atoms with Crippen molar-refractivity contribution in [1.29, 1.82) is 0 Å². The number of halogens is 6. The van der Waals surface area contributed by atoms with Crippen molar-refractivity contribution in [2.24, 2.45) is 0 Å². The summed E-state index contributed by atoms with van der Waals surface area (Å²) in [4.78, 5) is 13.4. The van der Waals surface area contributed by atoms with Gasteiger partial charge >= 0.3 is 18.3 Å². The minimum absolute atomic E-state index is 0.0270. The molecule has 0 aliphatic heterocycles. The quantitative estimate of drug-likeness (QED) is 0.150. The van der Waals surface area contributed by atoms with E-state index in [0.717, 1.165) is 5.56 Å². The van der Waals surface area contributed by atoms with E-state index in [-0.39, 0.29) is 23.9 Å². The van der Waals surface area contributed by atoms with Crippen molar-refractivity contribution in [2.45, 2.75) is 25.8 Å². The van der Waals surface area contributed by atoms with E-state index in [1.54, 1.807) is 37.3 Å². The molecule has 0 saturated heterocycles. The number of fused-ring (bicyclic) bond motifs is 1. The first-order valence-corrected chi connectivity index (χ1v) is 13.1. The summed E-state index contributed by atoms with van der Waals surface area (Å²) in [6.07, 6.45) is -10.0. The Hall–Kier alpha value is -4.05. The highest BCUT2D eigenvalue weighted by molar-refractivity contribution is 7.18. The zero-order valence-electron chi connectivity index (χ0n) is 20.9. The molecule has 3 aromatic carbocycles. The molecule has 0 fully saturated rings. The first kappa shape index (κ1) is 27.5. The predicted octanol–water partition coefficient (Wildman–Crippen LogP) is 9.30. The van der Waals surface area contributed by atoms with Crippen LogP contribution in [0.5, 0.6) is 0 Å². The van der Waals surface area contributed by atoms with E-state index >= 15 is 0 Å². The lowest BCUT2D eigenvalue weighted by molar-refractivity contribution is -0.143. The molecule has 0 saturated carbocycles. The largest absolute Gasteiger partial charge is 0.461 e. The van der Waals surface area contributed by atoms with Crippen molar-refractivity contribution in [3.05, 3.63) is 107 Å². The van der Waals surface area contributed by atoms with E-state index in [1.807, 2.05) is 35.7 Å². The number of carbonyl (C=O) groups is 1. The summed E-state index contributed by atoms with van der Waals surface area (Å²) in [5.74, 6) is -0.730. The van der Waals surface area contributed by atoms with E-state index in [0.29, 0.717) is 39.0 Å². The zero-order valence-corrected chi connectivity index (χ0v) is 21.8. The fourth-order valence-electron chi connectivity index (χ4n) is 4.71. The summed E-state index contributed by atoms with van der Waals surface area (Å²) in [5.41, 5.74) is 0.112. The number of carbonyl (C=O) groups excluding carboxylic acids is 1. The normalized spacial score (nSPS) is 12.2. The molecule has 0 N–H and O–H groups in total. The lowest BCUT2D eigenvalue weighted by Crippen LogP contribution is -2.16. The molecule has 0 bridgehead atoms. The van der Waals surface area contributed by atoms with E-state index < -0.39 is 36.0 Å². The number of hydrogen-bond donors (Lipinski definition) is 0. The summed E-state index contributed by atoms with van der Waals surface area (Å²) < 4.78 is 89.4. The molecule has 0 unspecified atom stereocenters. The second-order valence-electron chi connectivity index (χ2n) is 9.00. The maximum absolute atomic E-state index is 13.7.